The molecule has 1 fully saturated rings. The van der Waals surface area contributed by atoms with E-state index in [4.69, 9.17) is 4.74 Å². The first-order chi connectivity index (χ1) is 9.16. The molecular weight excluding hydrogens is 256 g/mol. The number of nitrogens with one attached hydrogen (secondary N) is 1. The van der Waals surface area contributed by atoms with E-state index >= 15 is 0 Å². The van der Waals surface area contributed by atoms with E-state index < -0.39 is 11.6 Å². The fourth-order valence-electron chi connectivity index (χ4n) is 2.45. The summed E-state index contributed by atoms with van der Waals surface area (Å²) in [7, 11) is 0. The Balaban J connectivity index is 2.74. The molecule has 0 aromatic rings. The van der Waals surface area contributed by atoms with Crippen LogP contribution < -0.4 is 5.32 Å². The van der Waals surface area contributed by atoms with Crippen molar-refractivity contribution in [3.8, 4) is 0 Å². The van der Waals surface area contributed by atoms with Crippen LogP contribution in [0.25, 0.3) is 0 Å². The maximum atomic E-state index is 12.5. The molecule has 0 aromatic carbocycles. The van der Waals surface area contributed by atoms with Crippen molar-refractivity contribution in [2.24, 2.45) is 11.8 Å². The van der Waals surface area contributed by atoms with Crippen LogP contribution in [-0.2, 0) is 14.3 Å². The molecule has 1 saturated heterocycles. The predicted octanol–water partition coefficient (Wildman–Crippen LogP) is 1.42. The van der Waals surface area contributed by atoms with Crippen LogP contribution in [0.1, 0.15) is 41.5 Å². The van der Waals surface area contributed by atoms with E-state index in [1.165, 1.54) is 0 Å². The summed E-state index contributed by atoms with van der Waals surface area (Å²) >= 11 is 0. The van der Waals surface area contributed by atoms with Gasteiger partial charge in [0.2, 0.25) is 11.8 Å². The fraction of sp³-hybridized carbons (Fsp3) is 0.867. The fourth-order valence-corrected chi connectivity index (χ4v) is 2.45. The van der Waals surface area contributed by atoms with E-state index in [-0.39, 0.29) is 17.7 Å². The van der Waals surface area contributed by atoms with E-state index in [1.54, 1.807) is 18.7 Å². The Kier molecular flexibility index (Phi) is 5.57. The minimum atomic E-state index is -0.833. The van der Waals surface area contributed by atoms with Crippen LogP contribution in [-0.4, -0.2) is 48.1 Å². The number of hydrogen-bond donors (Lipinski definition) is 1. The molecule has 1 aliphatic rings. The average molecular weight is 284 g/mol. The summed E-state index contributed by atoms with van der Waals surface area (Å²) in [6.07, 6.45) is 0. The second kappa shape index (κ2) is 6.57. The zero-order valence-corrected chi connectivity index (χ0v) is 13.5. The lowest BCUT2D eigenvalue weighted by Crippen LogP contribution is -2.69. The zero-order chi connectivity index (χ0) is 15.5. The molecule has 0 aromatic heterocycles. The van der Waals surface area contributed by atoms with Crippen molar-refractivity contribution in [2.45, 2.75) is 53.1 Å². The van der Waals surface area contributed by atoms with Crippen LogP contribution in [0.5, 0.6) is 0 Å². The third-order valence-corrected chi connectivity index (χ3v) is 3.39. The minimum Gasteiger partial charge on any atom is -0.379 e. The van der Waals surface area contributed by atoms with Gasteiger partial charge in [-0.2, -0.15) is 0 Å². The number of carbonyl (C=O) groups is 2. The van der Waals surface area contributed by atoms with Gasteiger partial charge in [0.05, 0.1) is 6.61 Å². The molecule has 2 amide bonds. The summed E-state index contributed by atoms with van der Waals surface area (Å²) in [5.41, 5.74) is -0.833. The molecule has 0 radical (unpaired) electrons. The lowest BCUT2D eigenvalue weighted by atomic mass is 9.91. The van der Waals surface area contributed by atoms with Crippen LogP contribution in [0.3, 0.4) is 0 Å². The van der Waals surface area contributed by atoms with Crippen molar-refractivity contribution >= 4 is 11.8 Å². The smallest absolute Gasteiger partial charge is 0.248 e. The molecular formula is C15H28N2O3. The molecule has 1 atom stereocenters. The monoisotopic (exact) mass is 284 g/mol. The molecule has 0 bridgehead atoms. The van der Waals surface area contributed by atoms with Gasteiger partial charge in [-0.05, 0) is 25.7 Å². The third kappa shape index (κ3) is 3.95. The Morgan fingerprint density at radius 1 is 1.25 bits per heavy atom. The summed E-state index contributed by atoms with van der Waals surface area (Å²) in [6, 6.07) is -0.404. The Morgan fingerprint density at radius 2 is 1.85 bits per heavy atom. The van der Waals surface area contributed by atoms with Gasteiger partial charge in [-0.25, -0.2) is 0 Å². The minimum absolute atomic E-state index is 0.0380. The van der Waals surface area contributed by atoms with Crippen LogP contribution in [0, 0.1) is 11.8 Å². The van der Waals surface area contributed by atoms with Crippen molar-refractivity contribution < 1.29 is 14.3 Å². The molecule has 1 unspecified atom stereocenters. The van der Waals surface area contributed by atoms with Crippen molar-refractivity contribution in [2.75, 3.05) is 19.8 Å². The molecule has 5 heteroatoms. The van der Waals surface area contributed by atoms with E-state index in [9.17, 15) is 9.59 Å². The molecule has 0 spiro atoms. The number of hydrogen-bond acceptors (Lipinski definition) is 3. The third-order valence-electron chi connectivity index (χ3n) is 3.39. The molecule has 0 aliphatic carbocycles. The van der Waals surface area contributed by atoms with Gasteiger partial charge in [-0.1, -0.05) is 27.7 Å². The number of nitrogens with zero attached hydrogens (tertiary/aromatic N) is 1. The van der Waals surface area contributed by atoms with Crippen LogP contribution in [0.15, 0.2) is 0 Å². The van der Waals surface area contributed by atoms with E-state index in [0.29, 0.717) is 25.7 Å². The summed E-state index contributed by atoms with van der Waals surface area (Å²) < 4.78 is 5.55. The number of rotatable bonds is 6. The van der Waals surface area contributed by atoms with Crippen molar-refractivity contribution in [3.05, 3.63) is 0 Å². The molecule has 1 rings (SSSR count). The molecule has 1 heterocycles. The number of amides is 2. The maximum Gasteiger partial charge on any atom is 0.248 e. The highest BCUT2D eigenvalue weighted by atomic mass is 16.5. The first kappa shape index (κ1) is 17.0. The number of ether oxygens (including phenoxy) is 1. The molecule has 0 saturated carbocycles. The number of carbonyl (C=O) groups excluding carboxylic acids is 2. The second-order valence-corrected chi connectivity index (χ2v) is 6.77. The van der Waals surface area contributed by atoms with Gasteiger partial charge < -0.3 is 15.0 Å². The van der Waals surface area contributed by atoms with Crippen molar-refractivity contribution in [1.29, 1.82) is 0 Å². The summed E-state index contributed by atoms with van der Waals surface area (Å²) in [5, 5.41) is 2.80. The first-order valence-electron chi connectivity index (χ1n) is 7.37. The van der Waals surface area contributed by atoms with E-state index in [2.05, 4.69) is 19.2 Å². The molecule has 5 nitrogen and oxygen atoms in total. The molecule has 20 heavy (non-hydrogen) atoms. The standard InChI is InChI=1S/C15H28N2O3/c1-10(2)9-20-8-7-17-12(11(3)4)13(18)16-15(5,6)14(17)19/h10-12H,7-9H2,1-6H3,(H,16,18). The maximum absolute atomic E-state index is 12.5. The highest BCUT2D eigenvalue weighted by molar-refractivity contribution is 5.99. The summed E-state index contributed by atoms with van der Waals surface area (Å²) in [6.45, 7) is 13.2. The normalized spacial score (nSPS) is 22.6. The highest BCUT2D eigenvalue weighted by Gasteiger charge is 2.45. The van der Waals surface area contributed by atoms with Crippen LogP contribution in [0.4, 0.5) is 0 Å². The van der Waals surface area contributed by atoms with Gasteiger partial charge in [0.1, 0.15) is 11.6 Å². The van der Waals surface area contributed by atoms with Gasteiger partial charge >= 0.3 is 0 Å². The van der Waals surface area contributed by atoms with E-state index in [1.807, 2.05) is 13.8 Å². The largest absolute Gasteiger partial charge is 0.379 e. The summed E-state index contributed by atoms with van der Waals surface area (Å²) in [4.78, 5) is 26.4. The second-order valence-electron chi connectivity index (χ2n) is 6.77. The van der Waals surface area contributed by atoms with Gasteiger partial charge in [-0.3, -0.25) is 9.59 Å². The SMILES string of the molecule is CC(C)COCCN1C(=O)C(C)(C)NC(=O)C1C(C)C. The van der Waals surface area contributed by atoms with Crippen LogP contribution in [0.2, 0.25) is 0 Å². The zero-order valence-electron chi connectivity index (χ0n) is 13.5. The van der Waals surface area contributed by atoms with Gasteiger partial charge in [-0.15, -0.1) is 0 Å². The number of piperazine rings is 1. The van der Waals surface area contributed by atoms with E-state index in [0.717, 1.165) is 0 Å². The Labute approximate surface area is 122 Å². The molecule has 1 N–H and O–H groups in total. The molecule has 116 valence electrons. The molecule has 1 aliphatic heterocycles. The van der Waals surface area contributed by atoms with Gasteiger partial charge in [0.25, 0.3) is 0 Å². The van der Waals surface area contributed by atoms with Crippen molar-refractivity contribution in [3.63, 3.8) is 0 Å². The van der Waals surface area contributed by atoms with Gasteiger partial charge in [0.15, 0.2) is 0 Å². The first-order valence-corrected chi connectivity index (χ1v) is 7.37. The highest BCUT2D eigenvalue weighted by Crippen LogP contribution is 2.22. The predicted molar refractivity (Wildman–Crippen MR) is 78.2 cm³/mol. The Hall–Kier alpha value is -1.10. The summed E-state index contributed by atoms with van der Waals surface area (Å²) in [5.74, 6) is 0.435. The quantitative estimate of drug-likeness (QED) is 0.751. The average Bonchev–Trinajstić information content (AvgIpc) is 2.28. The Morgan fingerprint density at radius 3 is 2.35 bits per heavy atom. The van der Waals surface area contributed by atoms with Crippen molar-refractivity contribution in [1.82, 2.24) is 10.2 Å². The lowest BCUT2D eigenvalue weighted by molar-refractivity contribution is -0.156. The Bertz CT molecular complexity index is 364. The lowest BCUT2D eigenvalue weighted by Gasteiger charge is -2.44. The van der Waals surface area contributed by atoms with Gasteiger partial charge in [0, 0.05) is 13.2 Å². The topological polar surface area (TPSA) is 58.6 Å². The van der Waals surface area contributed by atoms with Crippen LogP contribution >= 0.6 is 0 Å².